The number of likely N-dealkylation sites (N-methyl/N-ethyl adjacent to an activating group) is 1. The molecule has 0 saturated carbocycles. The smallest absolute Gasteiger partial charge is 0.0907 e. The van der Waals surface area contributed by atoms with Gasteiger partial charge in [-0.2, -0.15) is 0 Å². The molecule has 0 bridgehead atoms. The Morgan fingerprint density at radius 1 is 1.47 bits per heavy atom. The van der Waals surface area contributed by atoms with Crippen molar-refractivity contribution < 1.29 is 0 Å². The zero-order chi connectivity index (χ0) is 12.4. The Morgan fingerprint density at radius 2 is 2.24 bits per heavy atom. The van der Waals surface area contributed by atoms with E-state index in [1.165, 1.54) is 10.3 Å². The lowest BCUT2D eigenvalue weighted by molar-refractivity contribution is 0.255. The summed E-state index contributed by atoms with van der Waals surface area (Å²) < 4.78 is 1.27. The van der Waals surface area contributed by atoms with Crippen LogP contribution in [0.2, 0.25) is 0 Å². The molecule has 2 aromatic rings. The molecule has 0 spiro atoms. The highest BCUT2D eigenvalue weighted by molar-refractivity contribution is 7.18. The van der Waals surface area contributed by atoms with E-state index in [9.17, 15) is 0 Å². The first-order valence-corrected chi connectivity index (χ1v) is 6.68. The Kier molecular flexibility index (Phi) is 3.76. The largest absolute Gasteiger partial charge is 0.329 e. The lowest BCUT2D eigenvalue weighted by Crippen LogP contribution is -2.34. The molecule has 0 amide bonds. The van der Waals surface area contributed by atoms with Gasteiger partial charge in [-0.3, -0.25) is 4.90 Å². The predicted molar refractivity (Wildman–Crippen MR) is 74.3 cm³/mol. The van der Waals surface area contributed by atoms with E-state index < -0.39 is 0 Å². The Bertz CT molecular complexity index is 506. The fourth-order valence-electron chi connectivity index (χ4n) is 1.81. The molecule has 1 unspecified atom stereocenters. The highest BCUT2D eigenvalue weighted by Gasteiger charge is 2.08. The maximum atomic E-state index is 5.67. The minimum absolute atomic E-state index is 0.411. The quantitative estimate of drug-likeness (QED) is 0.904. The number of thiazole rings is 1. The van der Waals surface area contributed by atoms with Crippen LogP contribution >= 0.6 is 11.3 Å². The molecular weight excluding hydrogens is 230 g/mol. The molecule has 0 fully saturated rings. The van der Waals surface area contributed by atoms with Crippen LogP contribution < -0.4 is 5.73 Å². The molecule has 92 valence electrons. The van der Waals surface area contributed by atoms with Crippen molar-refractivity contribution in [3.8, 4) is 0 Å². The van der Waals surface area contributed by atoms with Gasteiger partial charge in [-0.1, -0.05) is 6.07 Å². The Labute approximate surface area is 106 Å². The van der Waals surface area contributed by atoms with Gasteiger partial charge in [-0.05, 0) is 38.6 Å². The topological polar surface area (TPSA) is 42.2 Å². The summed E-state index contributed by atoms with van der Waals surface area (Å²) in [6.45, 7) is 5.83. The van der Waals surface area contributed by atoms with Gasteiger partial charge in [0.2, 0.25) is 0 Å². The van der Waals surface area contributed by atoms with Crippen LogP contribution in [0, 0.1) is 6.92 Å². The average molecular weight is 249 g/mol. The van der Waals surface area contributed by atoms with E-state index in [0.717, 1.165) is 17.1 Å². The van der Waals surface area contributed by atoms with Gasteiger partial charge in [0.05, 0.1) is 15.2 Å². The van der Waals surface area contributed by atoms with Crippen molar-refractivity contribution in [1.82, 2.24) is 9.88 Å². The van der Waals surface area contributed by atoms with Crippen molar-refractivity contribution in [3.05, 3.63) is 28.8 Å². The first-order valence-electron chi connectivity index (χ1n) is 5.86. The molecule has 0 radical (unpaired) electrons. The van der Waals surface area contributed by atoms with Crippen LogP contribution in [0.4, 0.5) is 0 Å². The van der Waals surface area contributed by atoms with Crippen molar-refractivity contribution in [2.75, 3.05) is 13.6 Å². The third-order valence-corrected chi connectivity index (χ3v) is 4.02. The average Bonchev–Trinajstić information content (AvgIpc) is 2.67. The van der Waals surface area contributed by atoms with Crippen molar-refractivity contribution in [2.45, 2.75) is 26.4 Å². The first-order chi connectivity index (χ1) is 8.10. The predicted octanol–water partition coefficient (Wildman–Crippen LogP) is 2.38. The normalized spacial score (nSPS) is 13.5. The summed E-state index contributed by atoms with van der Waals surface area (Å²) in [6.07, 6.45) is 0. The van der Waals surface area contributed by atoms with Crippen LogP contribution in [-0.2, 0) is 6.54 Å². The van der Waals surface area contributed by atoms with Gasteiger partial charge in [0.15, 0.2) is 0 Å². The van der Waals surface area contributed by atoms with Crippen LogP contribution in [0.5, 0.6) is 0 Å². The molecule has 2 N–H and O–H groups in total. The molecule has 17 heavy (non-hydrogen) atoms. The van der Waals surface area contributed by atoms with E-state index in [2.05, 4.69) is 42.1 Å². The molecule has 4 heteroatoms. The van der Waals surface area contributed by atoms with Crippen molar-refractivity contribution in [1.29, 1.82) is 0 Å². The molecule has 0 aliphatic carbocycles. The maximum absolute atomic E-state index is 5.67. The number of nitrogens with two attached hydrogens (primary N) is 1. The first kappa shape index (κ1) is 12.5. The minimum atomic E-state index is 0.411. The monoisotopic (exact) mass is 249 g/mol. The molecule has 1 heterocycles. The zero-order valence-electron chi connectivity index (χ0n) is 10.6. The second-order valence-corrected chi connectivity index (χ2v) is 5.77. The second kappa shape index (κ2) is 5.12. The molecule has 2 rings (SSSR count). The molecule has 0 saturated heterocycles. The van der Waals surface area contributed by atoms with Crippen molar-refractivity contribution in [2.24, 2.45) is 5.73 Å². The van der Waals surface area contributed by atoms with E-state index in [1.54, 1.807) is 11.3 Å². The number of rotatable bonds is 4. The highest BCUT2D eigenvalue weighted by Crippen LogP contribution is 2.23. The number of aryl methyl sites for hydroxylation is 1. The van der Waals surface area contributed by atoms with Gasteiger partial charge in [0.1, 0.15) is 0 Å². The highest BCUT2D eigenvalue weighted by atomic mass is 32.1. The number of hydrogen-bond acceptors (Lipinski definition) is 4. The van der Waals surface area contributed by atoms with Crippen molar-refractivity contribution in [3.63, 3.8) is 0 Å². The van der Waals surface area contributed by atoms with Gasteiger partial charge >= 0.3 is 0 Å². The van der Waals surface area contributed by atoms with E-state index in [-0.39, 0.29) is 0 Å². The lowest BCUT2D eigenvalue weighted by atomic mass is 10.2. The third-order valence-electron chi connectivity index (χ3n) is 3.09. The van der Waals surface area contributed by atoms with Crippen molar-refractivity contribution >= 4 is 21.6 Å². The minimum Gasteiger partial charge on any atom is -0.329 e. The Morgan fingerprint density at radius 3 is 2.94 bits per heavy atom. The zero-order valence-corrected chi connectivity index (χ0v) is 11.4. The summed E-state index contributed by atoms with van der Waals surface area (Å²) in [7, 11) is 2.11. The number of nitrogens with zero attached hydrogens (tertiary/aromatic N) is 2. The number of aromatic nitrogens is 1. The van der Waals surface area contributed by atoms with E-state index in [4.69, 9.17) is 5.73 Å². The second-order valence-electron chi connectivity index (χ2n) is 4.53. The summed E-state index contributed by atoms with van der Waals surface area (Å²) in [4.78, 5) is 6.74. The van der Waals surface area contributed by atoms with Gasteiger partial charge in [0, 0.05) is 19.1 Å². The molecule has 0 aliphatic heterocycles. The number of fused-ring (bicyclic) bond motifs is 1. The summed E-state index contributed by atoms with van der Waals surface area (Å²) in [5.41, 5.74) is 8.10. The Balaban J connectivity index is 2.18. The molecular formula is C13H19N3S. The van der Waals surface area contributed by atoms with Crippen LogP contribution in [0.25, 0.3) is 10.2 Å². The van der Waals surface area contributed by atoms with E-state index in [0.29, 0.717) is 12.6 Å². The van der Waals surface area contributed by atoms with Gasteiger partial charge in [-0.15, -0.1) is 11.3 Å². The Hall–Kier alpha value is -0.970. The van der Waals surface area contributed by atoms with Gasteiger partial charge in [-0.25, -0.2) is 4.98 Å². The fourth-order valence-corrected chi connectivity index (χ4v) is 2.70. The van der Waals surface area contributed by atoms with Gasteiger partial charge in [0.25, 0.3) is 0 Å². The van der Waals surface area contributed by atoms with Crippen LogP contribution in [0.1, 0.15) is 17.5 Å². The summed E-state index contributed by atoms with van der Waals surface area (Å²) >= 11 is 1.75. The molecule has 1 atom stereocenters. The molecule has 3 nitrogen and oxygen atoms in total. The summed E-state index contributed by atoms with van der Waals surface area (Å²) in [5.74, 6) is 0. The van der Waals surface area contributed by atoms with Crippen LogP contribution in [0.15, 0.2) is 18.2 Å². The fraction of sp³-hybridized carbons (Fsp3) is 0.462. The molecule has 1 aromatic carbocycles. The SMILES string of the molecule is Cc1nc2ccc(CN(C)C(C)CN)cc2s1. The molecule has 0 aliphatic rings. The standard InChI is InChI=1S/C13H19N3S/c1-9(7-14)16(3)8-11-4-5-12-13(6-11)17-10(2)15-12/h4-6,9H,7-8,14H2,1-3H3. The number of benzene rings is 1. The molecule has 1 aromatic heterocycles. The van der Waals surface area contributed by atoms with Crippen LogP contribution in [0.3, 0.4) is 0 Å². The van der Waals surface area contributed by atoms with E-state index >= 15 is 0 Å². The lowest BCUT2D eigenvalue weighted by Gasteiger charge is -2.23. The number of hydrogen-bond donors (Lipinski definition) is 1. The summed E-state index contributed by atoms with van der Waals surface area (Å²) in [6, 6.07) is 6.91. The van der Waals surface area contributed by atoms with Crippen LogP contribution in [-0.4, -0.2) is 29.5 Å². The van der Waals surface area contributed by atoms with Gasteiger partial charge < -0.3 is 5.73 Å². The van der Waals surface area contributed by atoms with E-state index in [1.807, 2.05) is 6.92 Å². The summed E-state index contributed by atoms with van der Waals surface area (Å²) in [5, 5.41) is 1.13. The third kappa shape index (κ3) is 2.83. The maximum Gasteiger partial charge on any atom is 0.0907 e.